The van der Waals surface area contributed by atoms with Crippen molar-refractivity contribution in [2.75, 3.05) is 9.80 Å². The summed E-state index contributed by atoms with van der Waals surface area (Å²) < 4.78 is 0.897. The maximum atomic E-state index is 15.6. The third kappa shape index (κ3) is 4.11. The quantitative estimate of drug-likeness (QED) is 0.201. The third-order valence-electron chi connectivity index (χ3n) is 10.7. The zero-order valence-corrected chi connectivity index (χ0v) is 28.1. The van der Waals surface area contributed by atoms with Crippen LogP contribution in [0, 0.1) is 5.92 Å². The Balaban J connectivity index is 1.48. The van der Waals surface area contributed by atoms with E-state index in [1.807, 2.05) is 48.5 Å². The number of hydrogen-bond acceptors (Lipinski definition) is 5. The number of carbonyl (C=O) groups excluding carboxylic acids is 4. The number of hydrogen-bond donors (Lipinski definition) is 1. The fraction of sp³-hybridized carbons (Fsp3) is 0.171. The third-order valence-corrected chi connectivity index (χ3v) is 11.2. The number of imide groups is 1. The number of anilines is 2. The van der Waals surface area contributed by atoms with Gasteiger partial charge >= 0.3 is 0 Å². The minimum Gasteiger partial charge on any atom is -0.384 e. The minimum atomic E-state index is -2.10. The Hall–Kier alpha value is -5.18. The Kier molecular flexibility index (Phi) is 7.10. The molecule has 1 aliphatic carbocycles. The van der Waals surface area contributed by atoms with Gasteiger partial charge in [0, 0.05) is 29.1 Å². The lowest BCUT2D eigenvalue weighted by atomic mass is 9.58. The van der Waals surface area contributed by atoms with Gasteiger partial charge in [0.25, 0.3) is 0 Å². The number of fused-ring (bicyclic) bond motifs is 4. The smallest absolute Gasteiger partial charge is 0.248 e. The lowest BCUT2D eigenvalue weighted by Gasteiger charge is -2.42. The van der Waals surface area contributed by atoms with Crippen molar-refractivity contribution >= 4 is 50.8 Å². The average Bonchev–Trinajstić information content (AvgIpc) is 3.64. The molecule has 8 rings (SSSR count). The van der Waals surface area contributed by atoms with E-state index in [1.54, 1.807) is 89.8 Å². The van der Waals surface area contributed by atoms with E-state index >= 15 is 14.4 Å². The Morgan fingerprint density at radius 3 is 1.96 bits per heavy atom. The second kappa shape index (κ2) is 11.2. The molecular weight excluding hydrogens is 680 g/mol. The van der Waals surface area contributed by atoms with Gasteiger partial charge in [-0.2, -0.15) is 0 Å². The van der Waals surface area contributed by atoms with Crippen LogP contribution in [0.25, 0.3) is 0 Å². The maximum absolute atomic E-state index is 15.6. The van der Waals surface area contributed by atoms with Crippen LogP contribution in [0.15, 0.2) is 138 Å². The lowest BCUT2D eigenvalue weighted by molar-refractivity contribution is -0.137. The van der Waals surface area contributed by atoms with E-state index in [-0.39, 0.29) is 18.9 Å². The number of nitrogens with zero attached hydrogens (tertiary/aromatic N) is 2. The number of carbonyl (C=O) groups is 4. The molecule has 3 aliphatic rings. The van der Waals surface area contributed by atoms with Crippen molar-refractivity contribution in [3.05, 3.63) is 166 Å². The van der Waals surface area contributed by atoms with Gasteiger partial charge in [0.1, 0.15) is 11.0 Å². The molecule has 0 aromatic heterocycles. The van der Waals surface area contributed by atoms with Crippen LogP contribution in [0.2, 0.25) is 0 Å². The SMILES string of the molecule is CC(=O)N1C(=O)[C@]2(c3ccccc31)[C@H](C(=O)c1ccccc1)[C@]1(C[C@]2(O)c2ccccc2)C(=O)N(Cc2ccc(Br)cc2)c2ccccc21. The fourth-order valence-corrected chi connectivity index (χ4v) is 9.08. The Morgan fingerprint density at radius 2 is 1.31 bits per heavy atom. The summed E-state index contributed by atoms with van der Waals surface area (Å²) >= 11 is 3.49. The van der Waals surface area contributed by atoms with Crippen molar-refractivity contribution in [2.45, 2.75) is 36.3 Å². The summed E-state index contributed by atoms with van der Waals surface area (Å²) in [4.78, 5) is 62.5. The molecule has 1 saturated carbocycles. The summed E-state index contributed by atoms with van der Waals surface area (Å²) in [7, 11) is 0. The molecular formula is C41H31BrN2O5. The van der Waals surface area contributed by atoms with Crippen LogP contribution in [0.1, 0.15) is 46.0 Å². The Morgan fingerprint density at radius 1 is 0.735 bits per heavy atom. The molecule has 8 heteroatoms. The number of amides is 3. The van der Waals surface area contributed by atoms with Crippen molar-refractivity contribution in [1.29, 1.82) is 0 Å². The first-order chi connectivity index (χ1) is 23.7. The van der Waals surface area contributed by atoms with E-state index in [0.29, 0.717) is 33.6 Å². The number of benzene rings is 5. The zero-order chi connectivity index (χ0) is 34.1. The van der Waals surface area contributed by atoms with Gasteiger partial charge in [0.05, 0.1) is 23.6 Å². The predicted molar refractivity (Wildman–Crippen MR) is 189 cm³/mol. The first kappa shape index (κ1) is 31.1. The minimum absolute atomic E-state index is 0.206. The van der Waals surface area contributed by atoms with Crippen LogP contribution in [-0.2, 0) is 37.4 Å². The molecule has 0 radical (unpaired) electrons. The van der Waals surface area contributed by atoms with Crippen LogP contribution < -0.4 is 9.80 Å². The van der Waals surface area contributed by atoms with Gasteiger partial charge in [-0.15, -0.1) is 0 Å². The van der Waals surface area contributed by atoms with Crippen LogP contribution in [0.5, 0.6) is 0 Å². The molecule has 7 nitrogen and oxygen atoms in total. The molecule has 49 heavy (non-hydrogen) atoms. The maximum Gasteiger partial charge on any atom is 0.248 e. The molecule has 2 heterocycles. The summed E-state index contributed by atoms with van der Waals surface area (Å²) in [5.41, 5.74) is -2.51. The van der Waals surface area contributed by atoms with Gasteiger partial charge < -0.3 is 10.0 Å². The number of para-hydroxylation sites is 2. The van der Waals surface area contributed by atoms with Crippen LogP contribution >= 0.6 is 15.9 Å². The van der Waals surface area contributed by atoms with E-state index in [0.717, 1.165) is 14.9 Å². The zero-order valence-electron chi connectivity index (χ0n) is 26.5. The first-order valence-electron chi connectivity index (χ1n) is 16.1. The molecule has 242 valence electrons. The van der Waals surface area contributed by atoms with Crippen molar-refractivity contribution in [3.63, 3.8) is 0 Å². The van der Waals surface area contributed by atoms with Crippen molar-refractivity contribution in [2.24, 2.45) is 5.92 Å². The van der Waals surface area contributed by atoms with E-state index in [9.17, 15) is 9.90 Å². The lowest BCUT2D eigenvalue weighted by Crippen LogP contribution is -2.59. The molecule has 2 spiro atoms. The van der Waals surface area contributed by atoms with Crippen molar-refractivity contribution in [3.8, 4) is 0 Å². The highest BCUT2D eigenvalue weighted by Gasteiger charge is 2.82. The number of aliphatic hydroxyl groups is 1. The van der Waals surface area contributed by atoms with E-state index in [1.165, 1.54) is 6.92 Å². The van der Waals surface area contributed by atoms with E-state index in [2.05, 4.69) is 15.9 Å². The normalized spacial score (nSPS) is 25.2. The second-order valence-electron chi connectivity index (χ2n) is 13.1. The van der Waals surface area contributed by atoms with E-state index < -0.39 is 39.9 Å². The van der Waals surface area contributed by atoms with Gasteiger partial charge in [-0.1, -0.05) is 125 Å². The molecule has 1 fully saturated rings. The summed E-state index contributed by atoms with van der Waals surface area (Å²) in [6, 6.07) is 39.2. The molecule has 0 unspecified atom stereocenters. The highest BCUT2D eigenvalue weighted by atomic mass is 79.9. The number of rotatable bonds is 5. The summed E-state index contributed by atoms with van der Waals surface area (Å²) in [6.07, 6.45) is -0.272. The topological polar surface area (TPSA) is 95.0 Å². The van der Waals surface area contributed by atoms with Crippen LogP contribution in [0.3, 0.4) is 0 Å². The van der Waals surface area contributed by atoms with Crippen molar-refractivity contribution < 1.29 is 24.3 Å². The van der Waals surface area contributed by atoms with E-state index in [4.69, 9.17) is 0 Å². The second-order valence-corrected chi connectivity index (χ2v) is 14.0. The fourth-order valence-electron chi connectivity index (χ4n) is 8.81. The van der Waals surface area contributed by atoms with Crippen molar-refractivity contribution in [1.82, 2.24) is 0 Å². The molecule has 1 N–H and O–H groups in total. The average molecular weight is 712 g/mol. The largest absolute Gasteiger partial charge is 0.384 e. The predicted octanol–water partition coefficient (Wildman–Crippen LogP) is 6.86. The Bertz CT molecular complexity index is 2170. The number of halogens is 1. The monoisotopic (exact) mass is 710 g/mol. The van der Waals surface area contributed by atoms with Gasteiger partial charge in [-0.25, -0.2) is 4.90 Å². The molecule has 0 saturated heterocycles. The van der Waals surface area contributed by atoms with Gasteiger partial charge in [0.2, 0.25) is 17.7 Å². The van der Waals surface area contributed by atoms with Crippen LogP contribution in [0.4, 0.5) is 11.4 Å². The Labute approximate surface area is 291 Å². The van der Waals surface area contributed by atoms with Gasteiger partial charge in [-0.05, 0) is 46.5 Å². The number of Topliss-reactive ketones (excluding diaryl/α,β-unsaturated/α-hetero) is 1. The van der Waals surface area contributed by atoms with Gasteiger partial charge in [-0.3, -0.25) is 19.2 Å². The molecule has 3 amide bonds. The highest BCUT2D eigenvalue weighted by Crippen LogP contribution is 2.71. The molecule has 5 aromatic rings. The number of ketones is 1. The van der Waals surface area contributed by atoms with Gasteiger partial charge in [0.15, 0.2) is 5.78 Å². The molecule has 4 atom stereocenters. The standard InChI is InChI=1S/C41H31BrN2O5/c1-26(45)44-34-19-11-9-17-32(34)41(38(44)48)36(35(46)28-12-4-2-5-13-28)39(25-40(41,49)29-14-6-3-7-15-29)31-16-8-10-18-33(31)43(37(39)47)24-27-20-22-30(42)23-21-27/h2-23,36,49H,24-25H2,1H3/t36-,39-,40+,41+/m1/s1. The highest BCUT2D eigenvalue weighted by molar-refractivity contribution is 9.10. The summed E-state index contributed by atoms with van der Waals surface area (Å²) in [5.74, 6) is -3.56. The molecule has 2 aliphatic heterocycles. The summed E-state index contributed by atoms with van der Waals surface area (Å²) in [6.45, 7) is 1.50. The first-order valence-corrected chi connectivity index (χ1v) is 16.9. The van der Waals surface area contributed by atoms with Crippen LogP contribution in [-0.4, -0.2) is 28.6 Å². The molecule has 0 bridgehead atoms. The summed E-state index contributed by atoms with van der Waals surface area (Å²) in [5, 5.41) is 13.6. The molecule has 5 aromatic carbocycles.